The molecule has 0 unspecified atom stereocenters. The van der Waals surface area contributed by atoms with Crippen LogP contribution in [0.15, 0.2) is 0 Å². The summed E-state index contributed by atoms with van der Waals surface area (Å²) in [4.78, 5) is 13.6. The Morgan fingerprint density at radius 1 is 1.05 bits per heavy atom. The fourth-order valence-electron chi connectivity index (χ4n) is 1.98. The van der Waals surface area contributed by atoms with Gasteiger partial charge in [0.2, 0.25) is 0 Å². The number of carbonyl (C=O) groups is 1. The number of carboxylic acids is 1. The third kappa shape index (κ3) is 11.8. The van der Waals surface area contributed by atoms with Crippen molar-refractivity contribution in [2.75, 3.05) is 41.3 Å². The first-order chi connectivity index (χ1) is 9.27. The molecule has 0 bridgehead atoms. The van der Waals surface area contributed by atoms with Crippen molar-refractivity contribution in [1.29, 1.82) is 0 Å². The van der Waals surface area contributed by atoms with E-state index in [2.05, 4.69) is 56.4 Å². The molecule has 120 valence electrons. The fourth-order valence-corrected chi connectivity index (χ4v) is 1.98. The zero-order chi connectivity index (χ0) is 16.1. The highest BCUT2D eigenvalue weighted by atomic mass is 16.4. The van der Waals surface area contributed by atoms with Crippen molar-refractivity contribution < 1.29 is 14.5 Å². The highest BCUT2D eigenvalue weighted by Crippen LogP contribution is 2.02. The van der Waals surface area contributed by atoms with Gasteiger partial charge in [-0.05, 0) is 19.8 Å². The minimum absolute atomic E-state index is 0.972. The predicted octanol–water partition coefficient (Wildman–Crippen LogP) is 0.835. The van der Waals surface area contributed by atoms with E-state index < -0.39 is 5.97 Å². The van der Waals surface area contributed by atoms with Crippen LogP contribution < -0.4 is 5.11 Å². The molecule has 0 atom stereocenters. The Hall–Kier alpha value is -1.26. The molecule has 0 aliphatic rings. The summed E-state index contributed by atoms with van der Waals surface area (Å²) in [6.07, 6.45) is 5.07. The number of carbonyl (C=O) groups excluding carboxylic acids is 1. The zero-order valence-electron chi connectivity index (χ0n) is 14.4. The van der Waals surface area contributed by atoms with Crippen LogP contribution in [0.3, 0.4) is 0 Å². The van der Waals surface area contributed by atoms with Crippen molar-refractivity contribution in [3.05, 3.63) is 0 Å². The predicted molar refractivity (Wildman–Crippen MR) is 82.9 cm³/mol. The molecule has 0 aromatic carbocycles. The van der Waals surface area contributed by atoms with Gasteiger partial charge in [-0.15, -0.1) is 0 Å². The molecule has 0 aliphatic heterocycles. The van der Waals surface area contributed by atoms with Gasteiger partial charge in [0.1, 0.15) is 0 Å². The number of aliphatic carboxylic acids is 1. The Labute approximate surface area is 124 Å². The molecule has 0 aromatic rings. The van der Waals surface area contributed by atoms with E-state index in [1.54, 1.807) is 0 Å². The summed E-state index contributed by atoms with van der Waals surface area (Å²) in [6, 6.07) is 0. The Kier molecular flexibility index (Phi) is 13.4. The van der Waals surface area contributed by atoms with Gasteiger partial charge in [0.15, 0.2) is 0 Å². The first kappa shape index (κ1) is 21.0. The highest BCUT2D eigenvalue weighted by Gasteiger charge is 2.20. The summed E-state index contributed by atoms with van der Waals surface area (Å²) < 4.78 is 2.21. The van der Waals surface area contributed by atoms with E-state index in [1.807, 2.05) is 0 Å². The van der Waals surface area contributed by atoms with Crippen LogP contribution in [0.25, 0.3) is 0 Å². The van der Waals surface area contributed by atoms with Crippen LogP contribution in [-0.2, 0) is 4.79 Å². The van der Waals surface area contributed by atoms with Crippen LogP contribution in [0.1, 0.15) is 46.5 Å². The van der Waals surface area contributed by atoms with E-state index in [1.165, 1.54) is 44.7 Å². The molecule has 0 amide bonds. The average Bonchev–Trinajstić information content (AvgIpc) is 2.30. The Bertz CT molecular complexity index is 273. The number of guanidine groups is 1. The fraction of sp³-hybridized carbons (Fsp3) is 0.867. The summed E-state index contributed by atoms with van der Waals surface area (Å²) in [7, 11) is 8.50. The summed E-state index contributed by atoms with van der Waals surface area (Å²) in [5, 5.41) is 8.89. The molecule has 20 heavy (non-hydrogen) atoms. The second kappa shape index (κ2) is 12.8. The molecule has 0 fully saturated rings. The van der Waals surface area contributed by atoms with Crippen LogP contribution in [-0.4, -0.2) is 67.6 Å². The lowest BCUT2D eigenvalue weighted by Crippen LogP contribution is -2.46. The van der Waals surface area contributed by atoms with Crippen LogP contribution in [0, 0.1) is 0 Å². The number of hydrogen-bond acceptors (Lipinski definition) is 2. The normalized spacial score (nSPS) is 9.35. The Balaban J connectivity index is 0. The maximum atomic E-state index is 8.89. The number of hydrogen-bond donors (Lipinski definition) is 0. The summed E-state index contributed by atoms with van der Waals surface area (Å²) >= 11 is 0. The number of unbranched alkanes of at least 4 members (excludes halogenated alkanes) is 2. The monoisotopic (exact) mass is 287 g/mol. The van der Waals surface area contributed by atoms with E-state index >= 15 is 0 Å². The molecule has 0 aliphatic carbocycles. The second-order valence-corrected chi connectivity index (χ2v) is 5.27. The molecule has 0 N–H and O–H groups in total. The second-order valence-electron chi connectivity index (χ2n) is 5.27. The molecule has 0 heterocycles. The Morgan fingerprint density at radius 3 is 1.60 bits per heavy atom. The maximum absolute atomic E-state index is 8.89. The molecule has 0 rings (SSSR count). The van der Waals surface area contributed by atoms with Crippen LogP contribution in [0.2, 0.25) is 0 Å². The van der Waals surface area contributed by atoms with Crippen LogP contribution in [0.5, 0.6) is 0 Å². The summed E-state index contributed by atoms with van der Waals surface area (Å²) in [6.45, 7) is 7.82. The van der Waals surface area contributed by atoms with Gasteiger partial charge >= 0.3 is 5.96 Å². The van der Waals surface area contributed by atoms with Crippen molar-refractivity contribution in [2.24, 2.45) is 0 Å². The van der Waals surface area contributed by atoms with E-state index in [4.69, 9.17) is 9.90 Å². The van der Waals surface area contributed by atoms with Gasteiger partial charge in [-0.2, -0.15) is 0 Å². The smallest absolute Gasteiger partial charge is 0.349 e. The number of rotatable bonds is 6. The van der Waals surface area contributed by atoms with Gasteiger partial charge in [-0.3, -0.25) is 14.4 Å². The lowest BCUT2D eigenvalue weighted by atomic mass is 10.2. The first-order valence-corrected chi connectivity index (χ1v) is 7.41. The number of carboxylic acid groups (broad SMARTS) is 1. The SMILES string of the molecule is CC(=O)[O-].CCCCN(CCCC)C(N(C)C)=[N+](C)C. The molecule has 0 saturated carbocycles. The molecule has 0 radical (unpaired) electrons. The van der Waals surface area contributed by atoms with E-state index in [-0.39, 0.29) is 0 Å². The first-order valence-electron chi connectivity index (χ1n) is 7.41. The van der Waals surface area contributed by atoms with Crippen molar-refractivity contribution in [2.45, 2.75) is 46.5 Å². The van der Waals surface area contributed by atoms with Gasteiger partial charge in [0, 0.05) is 5.97 Å². The van der Waals surface area contributed by atoms with Gasteiger partial charge < -0.3 is 9.90 Å². The maximum Gasteiger partial charge on any atom is 0.349 e. The van der Waals surface area contributed by atoms with Crippen molar-refractivity contribution in [1.82, 2.24) is 9.80 Å². The van der Waals surface area contributed by atoms with E-state index in [9.17, 15) is 0 Å². The summed E-state index contributed by atoms with van der Waals surface area (Å²) in [5.41, 5.74) is 0. The quantitative estimate of drug-likeness (QED) is 0.412. The molecular formula is C15H33N3O2. The average molecular weight is 287 g/mol. The van der Waals surface area contributed by atoms with Gasteiger partial charge in [-0.1, -0.05) is 26.7 Å². The lowest BCUT2D eigenvalue weighted by Gasteiger charge is -2.24. The minimum atomic E-state index is -1.08. The summed E-state index contributed by atoms with van der Waals surface area (Å²) in [5.74, 6) is 0.238. The van der Waals surface area contributed by atoms with Gasteiger partial charge in [0.05, 0.1) is 41.3 Å². The molecule has 0 saturated heterocycles. The van der Waals surface area contributed by atoms with Crippen molar-refractivity contribution >= 4 is 11.9 Å². The number of nitrogens with zero attached hydrogens (tertiary/aromatic N) is 3. The topological polar surface area (TPSA) is 49.6 Å². The Morgan fingerprint density at radius 2 is 1.40 bits per heavy atom. The van der Waals surface area contributed by atoms with Crippen LogP contribution >= 0.6 is 0 Å². The lowest BCUT2D eigenvalue weighted by molar-refractivity contribution is -0.476. The largest absolute Gasteiger partial charge is 0.550 e. The van der Waals surface area contributed by atoms with Crippen LogP contribution in [0.4, 0.5) is 0 Å². The zero-order valence-corrected chi connectivity index (χ0v) is 14.4. The molecule has 0 spiro atoms. The van der Waals surface area contributed by atoms with Gasteiger partial charge in [-0.25, -0.2) is 0 Å². The van der Waals surface area contributed by atoms with E-state index in [0.29, 0.717) is 0 Å². The minimum Gasteiger partial charge on any atom is -0.550 e. The van der Waals surface area contributed by atoms with E-state index in [0.717, 1.165) is 6.92 Å². The van der Waals surface area contributed by atoms with Gasteiger partial charge in [0.25, 0.3) is 0 Å². The molecule has 5 nitrogen and oxygen atoms in total. The highest BCUT2D eigenvalue weighted by molar-refractivity contribution is 5.74. The third-order valence-electron chi connectivity index (χ3n) is 2.65. The standard InChI is InChI=1S/C13H30N3.C2H4O2/c1-7-9-11-16(12-10-8-2)13(14(3)4)15(5)6;1-2(3)4/h7-12H2,1-6H3;1H3,(H,3,4)/q+1;/p-1. The van der Waals surface area contributed by atoms with Crippen molar-refractivity contribution in [3.63, 3.8) is 0 Å². The molecule has 0 aromatic heterocycles. The van der Waals surface area contributed by atoms with Crippen molar-refractivity contribution in [3.8, 4) is 0 Å². The molecule has 5 heteroatoms. The third-order valence-corrected chi connectivity index (χ3v) is 2.65. The molecular weight excluding hydrogens is 254 g/mol.